The van der Waals surface area contributed by atoms with Gasteiger partial charge in [-0.1, -0.05) is 30.3 Å². The van der Waals surface area contributed by atoms with Crippen LogP contribution in [0.5, 0.6) is 0 Å². The molecule has 0 aliphatic carbocycles. The predicted molar refractivity (Wildman–Crippen MR) is 51.0 cm³/mol. The Morgan fingerprint density at radius 2 is 2.17 bits per heavy atom. The largest absolute Gasteiger partial charge is 0.389 e. The summed E-state index contributed by atoms with van der Waals surface area (Å²) in [7, 11) is 0. The van der Waals surface area contributed by atoms with Crippen molar-refractivity contribution in [3.8, 4) is 0 Å². The van der Waals surface area contributed by atoms with Gasteiger partial charge < -0.3 is 5.11 Å². The topological polar surface area (TPSA) is 20.2 Å². The normalized spacial score (nSPS) is 12.5. The summed E-state index contributed by atoms with van der Waals surface area (Å²) in [5.74, 6) is 0. The van der Waals surface area contributed by atoms with Crippen LogP contribution in [0.2, 0.25) is 0 Å². The molecule has 64 valence electrons. The number of rotatable bonds is 3. The molecule has 0 radical (unpaired) electrons. The molecule has 1 rings (SSSR count). The van der Waals surface area contributed by atoms with E-state index in [0.717, 1.165) is 17.5 Å². The molecule has 1 nitrogen and oxygen atoms in total. The first-order chi connectivity index (χ1) is 5.75. The maximum absolute atomic E-state index is 9.40. The lowest BCUT2D eigenvalue weighted by Crippen LogP contribution is -1.96. The maximum Gasteiger partial charge on any atom is 0.0764 e. The van der Waals surface area contributed by atoms with Crippen LogP contribution in [0.3, 0.4) is 0 Å². The summed E-state index contributed by atoms with van der Waals surface area (Å²) < 4.78 is 0. The Kier molecular flexibility index (Phi) is 3.06. The Bertz CT molecular complexity index is 263. The predicted octanol–water partition coefficient (Wildman–Crippen LogP) is 2.47. The van der Waals surface area contributed by atoms with Crippen LogP contribution >= 0.6 is 0 Å². The minimum absolute atomic E-state index is 0.388. The van der Waals surface area contributed by atoms with Crippen LogP contribution in [-0.4, -0.2) is 5.11 Å². The van der Waals surface area contributed by atoms with Crippen LogP contribution in [0.1, 0.15) is 24.2 Å². The van der Waals surface area contributed by atoms with E-state index in [0.29, 0.717) is 0 Å². The summed E-state index contributed by atoms with van der Waals surface area (Å²) in [5, 5.41) is 9.40. The molecular weight excluding hydrogens is 148 g/mol. The monoisotopic (exact) mass is 162 g/mol. The van der Waals surface area contributed by atoms with Crippen LogP contribution in [-0.2, 0) is 6.42 Å². The van der Waals surface area contributed by atoms with E-state index in [-0.39, 0.29) is 6.10 Å². The third kappa shape index (κ3) is 1.95. The van der Waals surface area contributed by atoms with E-state index in [1.165, 1.54) is 0 Å². The van der Waals surface area contributed by atoms with Gasteiger partial charge in [0.1, 0.15) is 0 Å². The summed E-state index contributed by atoms with van der Waals surface area (Å²) >= 11 is 0. The van der Waals surface area contributed by atoms with E-state index in [1.807, 2.05) is 30.3 Å². The van der Waals surface area contributed by atoms with Crippen LogP contribution < -0.4 is 0 Å². The summed E-state index contributed by atoms with van der Waals surface area (Å²) in [5.41, 5.74) is 2.15. The van der Waals surface area contributed by atoms with Gasteiger partial charge in [0.2, 0.25) is 0 Å². The number of allylic oxidation sites excluding steroid dienone is 1. The highest BCUT2D eigenvalue weighted by Gasteiger charge is 2.04. The van der Waals surface area contributed by atoms with Gasteiger partial charge in [-0.05, 0) is 24.5 Å². The van der Waals surface area contributed by atoms with E-state index in [2.05, 4.69) is 6.58 Å². The van der Waals surface area contributed by atoms with Gasteiger partial charge in [-0.3, -0.25) is 0 Å². The summed E-state index contributed by atoms with van der Waals surface area (Å²) in [4.78, 5) is 0. The molecule has 0 saturated carbocycles. The highest BCUT2D eigenvalue weighted by atomic mass is 16.3. The molecule has 0 heterocycles. The Hall–Kier alpha value is -1.08. The van der Waals surface area contributed by atoms with Crippen molar-refractivity contribution in [2.45, 2.75) is 19.4 Å². The van der Waals surface area contributed by atoms with Crippen LogP contribution in [0.15, 0.2) is 36.9 Å². The molecule has 0 saturated heterocycles. The molecule has 0 fully saturated rings. The van der Waals surface area contributed by atoms with Crippen molar-refractivity contribution in [1.82, 2.24) is 0 Å². The van der Waals surface area contributed by atoms with Crippen molar-refractivity contribution in [2.24, 2.45) is 0 Å². The molecule has 1 heteroatoms. The molecule has 0 amide bonds. The van der Waals surface area contributed by atoms with Gasteiger partial charge in [-0.15, -0.1) is 6.58 Å². The molecule has 1 aromatic carbocycles. The molecular formula is C11H14O. The van der Waals surface area contributed by atoms with Gasteiger partial charge >= 0.3 is 0 Å². The van der Waals surface area contributed by atoms with Gasteiger partial charge in [0.05, 0.1) is 6.10 Å². The summed E-state index contributed by atoms with van der Waals surface area (Å²) in [6, 6.07) is 7.88. The van der Waals surface area contributed by atoms with Crippen molar-refractivity contribution >= 4 is 0 Å². The quantitative estimate of drug-likeness (QED) is 0.677. The molecule has 0 bridgehead atoms. The van der Waals surface area contributed by atoms with Crippen LogP contribution in [0.4, 0.5) is 0 Å². The average Bonchev–Trinajstić information content (AvgIpc) is 2.05. The van der Waals surface area contributed by atoms with E-state index < -0.39 is 0 Å². The molecule has 0 unspecified atom stereocenters. The van der Waals surface area contributed by atoms with Crippen molar-refractivity contribution < 1.29 is 5.11 Å². The fourth-order valence-electron chi connectivity index (χ4n) is 1.28. The van der Waals surface area contributed by atoms with Crippen molar-refractivity contribution in [3.63, 3.8) is 0 Å². The number of benzene rings is 1. The standard InChI is InChI=1S/C11H14O/c1-3-6-10-7-4-5-8-11(10)9(2)12/h3-5,7-9,12H,1,6H2,2H3/t9-/m0/s1. The lowest BCUT2D eigenvalue weighted by Gasteiger charge is -2.09. The molecule has 1 aromatic rings. The van der Waals surface area contributed by atoms with Gasteiger partial charge in [0.15, 0.2) is 0 Å². The number of hydrogen-bond donors (Lipinski definition) is 1. The molecule has 0 spiro atoms. The fraction of sp³-hybridized carbons (Fsp3) is 0.273. The Balaban J connectivity index is 2.99. The first-order valence-corrected chi connectivity index (χ1v) is 4.12. The zero-order chi connectivity index (χ0) is 8.97. The SMILES string of the molecule is C=CCc1ccccc1[C@H](C)O. The van der Waals surface area contributed by atoms with Gasteiger partial charge in [-0.2, -0.15) is 0 Å². The highest BCUT2D eigenvalue weighted by Crippen LogP contribution is 2.17. The van der Waals surface area contributed by atoms with E-state index >= 15 is 0 Å². The first-order valence-electron chi connectivity index (χ1n) is 4.12. The summed E-state index contributed by atoms with van der Waals surface area (Å²) in [6.45, 7) is 5.45. The molecule has 0 aromatic heterocycles. The zero-order valence-electron chi connectivity index (χ0n) is 7.33. The third-order valence-electron chi connectivity index (χ3n) is 1.87. The number of hydrogen-bond acceptors (Lipinski definition) is 1. The Morgan fingerprint density at radius 3 is 2.75 bits per heavy atom. The molecule has 1 atom stereocenters. The van der Waals surface area contributed by atoms with Crippen molar-refractivity contribution in [2.75, 3.05) is 0 Å². The second kappa shape index (κ2) is 4.07. The van der Waals surface area contributed by atoms with Gasteiger partial charge in [0, 0.05) is 0 Å². The maximum atomic E-state index is 9.40. The molecule has 1 N–H and O–H groups in total. The van der Waals surface area contributed by atoms with Crippen molar-refractivity contribution in [3.05, 3.63) is 48.0 Å². The second-order valence-corrected chi connectivity index (χ2v) is 2.87. The minimum Gasteiger partial charge on any atom is -0.389 e. The van der Waals surface area contributed by atoms with Crippen LogP contribution in [0, 0.1) is 0 Å². The van der Waals surface area contributed by atoms with E-state index in [1.54, 1.807) is 6.92 Å². The molecule has 12 heavy (non-hydrogen) atoms. The second-order valence-electron chi connectivity index (χ2n) is 2.87. The van der Waals surface area contributed by atoms with Gasteiger partial charge in [-0.25, -0.2) is 0 Å². The lowest BCUT2D eigenvalue weighted by molar-refractivity contribution is 0.198. The molecule has 0 aliphatic rings. The Morgan fingerprint density at radius 1 is 1.50 bits per heavy atom. The smallest absolute Gasteiger partial charge is 0.0764 e. The Labute approximate surface area is 73.4 Å². The third-order valence-corrected chi connectivity index (χ3v) is 1.87. The minimum atomic E-state index is -0.388. The summed E-state index contributed by atoms with van der Waals surface area (Å²) in [6.07, 6.45) is 2.28. The highest BCUT2D eigenvalue weighted by molar-refractivity contribution is 5.30. The lowest BCUT2D eigenvalue weighted by atomic mass is 10.0. The molecule has 0 aliphatic heterocycles. The van der Waals surface area contributed by atoms with E-state index in [9.17, 15) is 5.11 Å². The van der Waals surface area contributed by atoms with Crippen molar-refractivity contribution in [1.29, 1.82) is 0 Å². The average molecular weight is 162 g/mol. The van der Waals surface area contributed by atoms with Crippen LogP contribution in [0.25, 0.3) is 0 Å². The number of aliphatic hydroxyl groups is 1. The zero-order valence-corrected chi connectivity index (χ0v) is 7.33. The van der Waals surface area contributed by atoms with Gasteiger partial charge in [0.25, 0.3) is 0 Å². The first kappa shape index (κ1) is 9.01. The fourth-order valence-corrected chi connectivity index (χ4v) is 1.28. The number of aliphatic hydroxyl groups excluding tert-OH is 1. The van der Waals surface area contributed by atoms with E-state index in [4.69, 9.17) is 0 Å².